The zero-order valence-corrected chi connectivity index (χ0v) is 16.1. The Kier molecular flexibility index (Phi) is 4.22. The SMILES string of the molecule is Cn1[nH+]c2ccc(N3CC[C@@H](Oc4ccc(OCC5CC5)nc4)C3=O)cn2c1=O. The van der Waals surface area contributed by atoms with Crippen LogP contribution in [-0.2, 0) is 11.8 Å². The summed E-state index contributed by atoms with van der Waals surface area (Å²) in [6.07, 6.45) is 5.69. The number of carbonyl (C=O) groups excluding carboxylic acids is 1. The van der Waals surface area contributed by atoms with Crippen LogP contribution in [0.15, 0.2) is 41.5 Å². The fourth-order valence-corrected chi connectivity index (χ4v) is 3.47. The second-order valence-electron chi connectivity index (χ2n) is 7.57. The molecule has 2 aliphatic rings. The third-order valence-electron chi connectivity index (χ3n) is 5.33. The summed E-state index contributed by atoms with van der Waals surface area (Å²) in [4.78, 5) is 30.9. The van der Waals surface area contributed by atoms with Crippen molar-refractivity contribution in [1.82, 2.24) is 14.1 Å². The van der Waals surface area contributed by atoms with Gasteiger partial charge in [0.15, 0.2) is 6.10 Å². The predicted molar refractivity (Wildman–Crippen MR) is 103 cm³/mol. The van der Waals surface area contributed by atoms with Gasteiger partial charge in [0, 0.05) is 25.1 Å². The van der Waals surface area contributed by atoms with Crippen molar-refractivity contribution in [3.05, 3.63) is 47.1 Å². The number of hydrogen-bond donors (Lipinski definition) is 0. The van der Waals surface area contributed by atoms with Crippen LogP contribution >= 0.6 is 0 Å². The Labute approximate surface area is 166 Å². The van der Waals surface area contributed by atoms with Crippen LogP contribution < -0.4 is 25.2 Å². The van der Waals surface area contributed by atoms with Gasteiger partial charge in [0.05, 0.1) is 25.5 Å². The number of rotatable bonds is 6. The Morgan fingerprint density at radius 2 is 2.03 bits per heavy atom. The molecule has 0 spiro atoms. The minimum absolute atomic E-state index is 0.133. The van der Waals surface area contributed by atoms with Gasteiger partial charge in [-0.05, 0) is 30.9 Å². The maximum atomic E-state index is 12.8. The minimum atomic E-state index is -0.579. The second-order valence-corrected chi connectivity index (χ2v) is 7.57. The molecule has 1 saturated heterocycles. The van der Waals surface area contributed by atoms with Crippen molar-refractivity contribution in [3.8, 4) is 11.6 Å². The lowest BCUT2D eigenvalue weighted by Crippen LogP contribution is -2.32. The molecule has 4 heterocycles. The number of fused-ring (bicyclic) bond motifs is 1. The normalized spacial score (nSPS) is 19.1. The van der Waals surface area contributed by atoms with Gasteiger partial charge in [-0.2, -0.15) is 5.10 Å². The van der Waals surface area contributed by atoms with Crippen LogP contribution in [0.2, 0.25) is 0 Å². The molecule has 1 atom stereocenters. The van der Waals surface area contributed by atoms with Gasteiger partial charge in [0.25, 0.3) is 5.91 Å². The minimum Gasteiger partial charge on any atom is -0.479 e. The number of ether oxygens (including phenoxy) is 2. The molecule has 0 radical (unpaired) electrons. The third-order valence-corrected chi connectivity index (χ3v) is 5.33. The summed E-state index contributed by atoms with van der Waals surface area (Å²) in [5.41, 5.74) is 1.13. The first-order valence-corrected chi connectivity index (χ1v) is 9.76. The number of nitrogens with zero attached hydrogens (tertiary/aromatic N) is 4. The number of aromatic amines is 1. The first-order chi connectivity index (χ1) is 14.1. The van der Waals surface area contributed by atoms with Crippen molar-refractivity contribution in [2.24, 2.45) is 13.0 Å². The highest BCUT2D eigenvalue weighted by atomic mass is 16.5. The van der Waals surface area contributed by atoms with E-state index in [2.05, 4.69) is 10.1 Å². The fourth-order valence-electron chi connectivity index (χ4n) is 3.47. The van der Waals surface area contributed by atoms with Crippen molar-refractivity contribution >= 4 is 17.2 Å². The molecule has 1 aliphatic carbocycles. The quantitative estimate of drug-likeness (QED) is 0.615. The summed E-state index contributed by atoms with van der Waals surface area (Å²) >= 11 is 0. The van der Waals surface area contributed by atoms with Gasteiger partial charge in [0.2, 0.25) is 5.88 Å². The van der Waals surface area contributed by atoms with Crippen LogP contribution in [0, 0.1) is 5.92 Å². The highest BCUT2D eigenvalue weighted by Crippen LogP contribution is 2.29. The topological polar surface area (TPSA) is 92.2 Å². The molecule has 150 valence electrons. The molecule has 9 heteroatoms. The average Bonchev–Trinajstić information content (AvgIpc) is 3.44. The number of aryl methyl sites for hydroxylation is 1. The van der Waals surface area contributed by atoms with Crippen molar-refractivity contribution < 1.29 is 19.4 Å². The van der Waals surface area contributed by atoms with Gasteiger partial charge in [0.1, 0.15) is 11.9 Å². The van der Waals surface area contributed by atoms with Crippen LogP contribution in [0.4, 0.5) is 5.69 Å². The van der Waals surface area contributed by atoms with Crippen LogP contribution in [0.25, 0.3) is 5.65 Å². The van der Waals surface area contributed by atoms with Crippen molar-refractivity contribution in [2.45, 2.75) is 25.4 Å². The van der Waals surface area contributed by atoms with Crippen LogP contribution in [0.5, 0.6) is 11.6 Å². The Morgan fingerprint density at radius 3 is 2.79 bits per heavy atom. The largest absolute Gasteiger partial charge is 0.479 e. The molecule has 1 saturated carbocycles. The summed E-state index contributed by atoms with van der Waals surface area (Å²) in [6.45, 7) is 1.23. The highest BCUT2D eigenvalue weighted by Gasteiger charge is 2.35. The number of aromatic nitrogens is 4. The van der Waals surface area contributed by atoms with E-state index >= 15 is 0 Å². The maximum Gasteiger partial charge on any atom is 0.451 e. The van der Waals surface area contributed by atoms with Crippen molar-refractivity contribution in [1.29, 1.82) is 0 Å². The zero-order chi connectivity index (χ0) is 20.0. The Hall–Kier alpha value is -3.36. The number of nitrogens with one attached hydrogen (secondary N) is 1. The van der Waals surface area contributed by atoms with E-state index in [0.29, 0.717) is 48.5 Å². The van der Waals surface area contributed by atoms with Gasteiger partial charge in [-0.15, -0.1) is 9.08 Å². The standard InChI is InChI=1S/C20H21N5O4/c1-23-20(27)25-11-14(4-6-17(25)22-23)24-9-8-16(19(24)26)29-15-5-7-18(21-10-15)28-12-13-2-3-13/h4-7,10-11,13,16H,2-3,8-9,12H2,1H3/p+1/t16-/m1/s1. The van der Waals surface area contributed by atoms with Crippen LogP contribution in [-0.4, -0.2) is 39.2 Å². The van der Waals surface area contributed by atoms with Crippen LogP contribution in [0.1, 0.15) is 19.3 Å². The zero-order valence-electron chi connectivity index (χ0n) is 16.1. The van der Waals surface area contributed by atoms with E-state index in [0.717, 1.165) is 0 Å². The monoisotopic (exact) mass is 396 g/mol. The van der Waals surface area contributed by atoms with Gasteiger partial charge >= 0.3 is 11.3 Å². The molecule has 0 bridgehead atoms. The van der Waals surface area contributed by atoms with Gasteiger partial charge in [-0.25, -0.2) is 9.78 Å². The average molecular weight is 396 g/mol. The smallest absolute Gasteiger partial charge is 0.451 e. The van der Waals surface area contributed by atoms with E-state index in [1.165, 1.54) is 21.9 Å². The fraction of sp³-hybridized carbons (Fsp3) is 0.400. The molecule has 0 unspecified atom stereocenters. The maximum absolute atomic E-state index is 12.8. The van der Waals surface area contributed by atoms with Gasteiger partial charge < -0.3 is 14.4 Å². The van der Waals surface area contributed by atoms with E-state index < -0.39 is 6.10 Å². The van der Waals surface area contributed by atoms with E-state index in [-0.39, 0.29) is 11.6 Å². The summed E-state index contributed by atoms with van der Waals surface area (Å²) in [6, 6.07) is 7.14. The van der Waals surface area contributed by atoms with Gasteiger partial charge in [-0.3, -0.25) is 4.79 Å². The molecular weight excluding hydrogens is 374 g/mol. The summed E-state index contributed by atoms with van der Waals surface area (Å²) in [7, 11) is 1.65. The molecule has 1 aliphatic heterocycles. The lowest BCUT2D eigenvalue weighted by molar-refractivity contribution is -0.460. The molecule has 1 N–H and O–H groups in total. The molecule has 29 heavy (non-hydrogen) atoms. The lowest BCUT2D eigenvalue weighted by Gasteiger charge is -2.16. The number of hydrogen-bond acceptors (Lipinski definition) is 5. The van der Waals surface area contributed by atoms with Gasteiger partial charge in [-0.1, -0.05) is 0 Å². The first kappa shape index (κ1) is 17.7. The molecule has 0 aromatic carbocycles. The molecule has 1 amide bonds. The van der Waals surface area contributed by atoms with Crippen LogP contribution in [0.3, 0.4) is 0 Å². The molecule has 3 aromatic rings. The van der Waals surface area contributed by atoms with Crippen molar-refractivity contribution in [2.75, 3.05) is 18.1 Å². The molecule has 9 nitrogen and oxygen atoms in total. The van der Waals surface area contributed by atoms with E-state index in [1.54, 1.807) is 42.5 Å². The number of carbonyl (C=O) groups is 1. The molecular formula is C20H22N5O4+. The Bertz CT molecular complexity index is 1120. The van der Waals surface area contributed by atoms with E-state index in [4.69, 9.17) is 9.47 Å². The third kappa shape index (κ3) is 3.43. The second kappa shape index (κ2) is 6.91. The molecule has 2 fully saturated rings. The first-order valence-electron chi connectivity index (χ1n) is 9.76. The van der Waals surface area contributed by atoms with E-state index in [9.17, 15) is 9.59 Å². The predicted octanol–water partition coefficient (Wildman–Crippen LogP) is 0.820. The Balaban J connectivity index is 1.27. The molecule has 3 aromatic heterocycles. The summed E-state index contributed by atoms with van der Waals surface area (Å²) in [5, 5.41) is 2.94. The highest BCUT2D eigenvalue weighted by molar-refractivity contribution is 5.98. The Morgan fingerprint density at radius 1 is 1.17 bits per heavy atom. The number of amides is 1. The number of pyridine rings is 2. The van der Waals surface area contributed by atoms with E-state index in [1.807, 2.05) is 6.07 Å². The lowest BCUT2D eigenvalue weighted by atomic mass is 10.3. The number of H-pyrrole nitrogens is 1. The summed E-state index contributed by atoms with van der Waals surface area (Å²) in [5.74, 6) is 1.64. The summed E-state index contributed by atoms with van der Waals surface area (Å²) < 4.78 is 14.4. The molecule has 5 rings (SSSR count). The number of anilines is 1. The van der Waals surface area contributed by atoms with Crippen molar-refractivity contribution in [3.63, 3.8) is 0 Å².